The minimum Gasteiger partial charge on any atom is -0.392 e. The summed E-state index contributed by atoms with van der Waals surface area (Å²) < 4.78 is 0. The van der Waals surface area contributed by atoms with Gasteiger partial charge >= 0.3 is 0 Å². The summed E-state index contributed by atoms with van der Waals surface area (Å²) in [4.78, 5) is 12.7. The van der Waals surface area contributed by atoms with Crippen LogP contribution in [0, 0.1) is 11.3 Å². The monoisotopic (exact) mass is 240 g/mol. The average molecular weight is 240 g/mol. The predicted octanol–water partition coefficient (Wildman–Crippen LogP) is 1.75. The largest absolute Gasteiger partial charge is 0.392 e. The van der Waals surface area contributed by atoms with Gasteiger partial charge in [0.1, 0.15) is 0 Å². The lowest BCUT2D eigenvalue weighted by Gasteiger charge is -2.34. The molecule has 0 aromatic heterocycles. The maximum absolute atomic E-state index is 12.3. The Kier molecular flexibility index (Phi) is 3.19. The minimum atomic E-state index is -0.546. The summed E-state index contributed by atoms with van der Waals surface area (Å²) in [5.74, 6) is 0.699. The van der Waals surface area contributed by atoms with Crippen LogP contribution in [0.5, 0.6) is 0 Å². The van der Waals surface area contributed by atoms with E-state index in [2.05, 4.69) is 12.2 Å². The molecule has 2 fully saturated rings. The molecule has 2 aliphatic rings. The molecule has 0 spiro atoms. The van der Waals surface area contributed by atoms with Crippen molar-refractivity contribution in [2.24, 2.45) is 17.1 Å². The highest BCUT2D eigenvalue weighted by atomic mass is 32.1. The maximum atomic E-state index is 12.3. The second-order valence-corrected chi connectivity index (χ2v) is 5.74. The molecule has 0 aromatic carbocycles. The van der Waals surface area contributed by atoms with Crippen LogP contribution in [0.3, 0.4) is 0 Å². The van der Waals surface area contributed by atoms with Gasteiger partial charge in [0.2, 0.25) is 5.91 Å². The summed E-state index contributed by atoms with van der Waals surface area (Å²) in [6.45, 7) is 2.15. The van der Waals surface area contributed by atoms with E-state index in [9.17, 15) is 4.79 Å². The third kappa shape index (κ3) is 2.08. The number of nitrogens with two attached hydrogens (primary N) is 1. The fourth-order valence-corrected chi connectivity index (χ4v) is 2.87. The first-order valence-corrected chi connectivity index (χ1v) is 6.58. The fraction of sp³-hybridized carbons (Fsp3) is 0.833. The molecule has 16 heavy (non-hydrogen) atoms. The molecule has 0 saturated heterocycles. The molecule has 2 atom stereocenters. The van der Waals surface area contributed by atoms with Crippen LogP contribution >= 0.6 is 12.2 Å². The van der Waals surface area contributed by atoms with Crippen molar-refractivity contribution in [2.45, 2.75) is 51.5 Å². The summed E-state index contributed by atoms with van der Waals surface area (Å²) in [5.41, 5.74) is 5.26. The second kappa shape index (κ2) is 4.32. The molecule has 2 aliphatic carbocycles. The molecule has 0 aromatic rings. The van der Waals surface area contributed by atoms with Gasteiger partial charge in [0.25, 0.3) is 0 Å². The van der Waals surface area contributed by atoms with Crippen LogP contribution in [0.4, 0.5) is 0 Å². The summed E-state index contributed by atoms with van der Waals surface area (Å²) in [6.07, 6.45) is 6.07. The van der Waals surface area contributed by atoms with Gasteiger partial charge in [0.05, 0.1) is 10.4 Å². The smallest absolute Gasteiger partial charge is 0.233 e. The zero-order valence-electron chi connectivity index (χ0n) is 9.79. The zero-order chi connectivity index (χ0) is 11.8. The molecule has 0 heterocycles. The maximum Gasteiger partial charge on any atom is 0.233 e. The number of thiocarbonyl (C=S) groups is 1. The van der Waals surface area contributed by atoms with Gasteiger partial charge in [-0.1, -0.05) is 38.4 Å². The molecule has 3 N–H and O–H groups in total. The Balaban J connectivity index is 2.05. The van der Waals surface area contributed by atoms with Gasteiger partial charge in [0.15, 0.2) is 0 Å². The minimum absolute atomic E-state index is 0.0778. The molecule has 0 aliphatic heterocycles. The number of carbonyl (C=O) groups excluding carboxylic acids is 1. The van der Waals surface area contributed by atoms with E-state index in [0.717, 1.165) is 32.1 Å². The second-order valence-electron chi connectivity index (χ2n) is 5.30. The van der Waals surface area contributed by atoms with Gasteiger partial charge in [-0.3, -0.25) is 4.79 Å². The summed E-state index contributed by atoms with van der Waals surface area (Å²) in [6, 6.07) is 0.362. The zero-order valence-corrected chi connectivity index (χ0v) is 10.6. The predicted molar refractivity (Wildman–Crippen MR) is 68.0 cm³/mol. The first-order chi connectivity index (χ1) is 7.56. The quantitative estimate of drug-likeness (QED) is 0.739. The number of rotatable bonds is 3. The van der Waals surface area contributed by atoms with E-state index in [-0.39, 0.29) is 5.91 Å². The van der Waals surface area contributed by atoms with E-state index in [0.29, 0.717) is 16.9 Å². The molecule has 0 radical (unpaired) electrons. The highest BCUT2D eigenvalue weighted by Crippen LogP contribution is 2.38. The van der Waals surface area contributed by atoms with Crippen molar-refractivity contribution in [2.75, 3.05) is 0 Å². The molecular formula is C12H20N2OS. The number of hydrogen-bond acceptors (Lipinski definition) is 2. The third-order valence-electron chi connectivity index (χ3n) is 4.04. The van der Waals surface area contributed by atoms with Crippen molar-refractivity contribution in [3.05, 3.63) is 0 Å². The number of amides is 1. The lowest BCUT2D eigenvalue weighted by Crippen LogP contribution is -2.50. The van der Waals surface area contributed by atoms with Gasteiger partial charge in [-0.05, 0) is 25.2 Å². The lowest BCUT2D eigenvalue weighted by atomic mass is 9.73. The molecule has 2 unspecified atom stereocenters. The van der Waals surface area contributed by atoms with Crippen LogP contribution in [-0.4, -0.2) is 16.9 Å². The van der Waals surface area contributed by atoms with Crippen LogP contribution in [-0.2, 0) is 4.79 Å². The van der Waals surface area contributed by atoms with Gasteiger partial charge in [-0.25, -0.2) is 0 Å². The van der Waals surface area contributed by atoms with Gasteiger partial charge in [-0.15, -0.1) is 0 Å². The summed E-state index contributed by atoms with van der Waals surface area (Å²) in [7, 11) is 0. The molecule has 4 heteroatoms. The highest BCUT2D eigenvalue weighted by Gasteiger charge is 2.45. The van der Waals surface area contributed by atoms with Crippen molar-refractivity contribution < 1.29 is 4.79 Å². The van der Waals surface area contributed by atoms with E-state index < -0.39 is 5.41 Å². The average Bonchev–Trinajstić information content (AvgIpc) is 2.95. The van der Waals surface area contributed by atoms with Crippen LogP contribution < -0.4 is 11.1 Å². The molecule has 0 bridgehead atoms. The molecule has 2 saturated carbocycles. The van der Waals surface area contributed by atoms with Crippen molar-refractivity contribution in [1.82, 2.24) is 5.32 Å². The van der Waals surface area contributed by atoms with Crippen LogP contribution in [0.2, 0.25) is 0 Å². The number of nitrogens with one attached hydrogen (secondary N) is 1. The van der Waals surface area contributed by atoms with Crippen molar-refractivity contribution in [3.8, 4) is 0 Å². The van der Waals surface area contributed by atoms with E-state index >= 15 is 0 Å². The third-order valence-corrected chi connectivity index (χ3v) is 4.43. The Morgan fingerprint density at radius 3 is 2.38 bits per heavy atom. The Morgan fingerprint density at radius 2 is 1.94 bits per heavy atom. The normalized spacial score (nSPS) is 31.8. The molecule has 3 nitrogen and oxygen atoms in total. The van der Waals surface area contributed by atoms with Crippen LogP contribution in [0.25, 0.3) is 0 Å². The van der Waals surface area contributed by atoms with E-state index in [1.807, 2.05) is 0 Å². The Hall–Kier alpha value is -0.640. The fourth-order valence-electron chi connectivity index (χ4n) is 2.57. The SMILES string of the molecule is CC1CC1NC(=O)C1(C(N)=S)CCCCC1. The topological polar surface area (TPSA) is 55.1 Å². The summed E-state index contributed by atoms with van der Waals surface area (Å²) >= 11 is 5.12. The molecule has 1 amide bonds. The van der Waals surface area contributed by atoms with Gasteiger partial charge < -0.3 is 11.1 Å². The van der Waals surface area contributed by atoms with E-state index in [1.54, 1.807) is 0 Å². The van der Waals surface area contributed by atoms with Crippen LogP contribution in [0.1, 0.15) is 45.4 Å². The Bertz CT molecular complexity index is 310. The highest BCUT2D eigenvalue weighted by molar-refractivity contribution is 7.80. The van der Waals surface area contributed by atoms with Gasteiger partial charge in [-0.2, -0.15) is 0 Å². The number of hydrogen-bond donors (Lipinski definition) is 2. The first-order valence-electron chi connectivity index (χ1n) is 6.17. The van der Waals surface area contributed by atoms with Crippen molar-refractivity contribution in [1.29, 1.82) is 0 Å². The number of carbonyl (C=O) groups is 1. The van der Waals surface area contributed by atoms with E-state index in [1.165, 1.54) is 6.42 Å². The van der Waals surface area contributed by atoms with Gasteiger partial charge in [0, 0.05) is 6.04 Å². The molecular weight excluding hydrogens is 220 g/mol. The van der Waals surface area contributed by atoms with Crippen molar-refractivity contribution >= 4 is 23.1 Å². The molecule has 2 rings (SSSR count). The lowest BCUT2D eigenvalue weighted by molar-refractivity contribution is -0.129. The first kappa shape index (κ1) is 11.8. The van der Waals surface area contributed by atoms with E-state index in [4.69, 9.17) is 18.0 Å². The Labute approximate surface area is 102 Å². The Morgan fingerprint density at radius 1 is 1.38 bits per heavy atom. The summed E-state index contributed by atoms with van der Waals surface area (Å²) in [5, 5.41) is 3.09. The standard InChI is InChI=1S/C12H20N2OS/c1-8-7-9(8)14-11(15)12(10(13)16)5-3-2-4-6-12/h8-9H,2-7H2,1H3,(H2,13,16)(H,14,15). The molecule has 90 valence electrons. The van der Waals surface area contributed by atoms with Crippen LogP contribution in [0.15, 0.2) is 0 Å². The van der Waals surface area contributed by atoms with Crippen molar-refractivity contribution in [3.63, 3.8) is 0 Å².